The van der Waals surface area contributed by atoms with Crippen molar-refractivity contribution in [3.63, 3.8) is 0 Å². The summed E-state index contributed by atoms with van der Waals surface area (Å²) in [5, 5.41) is 0. The van der Waals surface area contributed by atoms with Gasteiger partial charge < -0.3 is 17.4 Å². The molecule has 0 radical (unpaired) electrons. The van der Waals surface area contributed by atoms with E-state index in [0.717, 1.165) is 0 Å². The molecule has 0 spiro atoms. The van der Waals surface area contributed by atoms with Crippen LogP contribution in [0, 0.1) is 0 Å². The van der Waals surface area contributed by atoms with Crippen molar-refractivity contribution < 1.29 is 17.4 Å². The molecule has 0 amide bonds. The van der Waals surface area contributed by atoms with Gasteiger partial charge in [0.1, 0.15) is 0 Å². The molecular weight excluding hydrogens is 154 g/mol. The molecule has 0 aliphatic carbocycles. The minimum Gasteiger partial charge on any atom is -0.445 e. The minimum absolute atomic E-state index is 0.0125. The van der Waals surface area contributed by atoms with Crippen molar-refractivity contribution in [2.45, 2.75) is 19.9 Å². The van der Waals surface area contributed by atoms with E-state index in [1.165, 1.54) is 0 Å². The fraction of sp³-hybridized carbons (Fsp3) is 1.00. The first-order chi connectivity index (χ1) is 4.65. The normalized spacial score (nSPS) is 14.2. The first kappa shape index (κ1) is 10.8. The molecule has 0 saturated carbocycles. The van der Waals surface area contributed by atoms with Gasteiger partial charge in [-0.25, -0.2) is 0 Å². The molecule has 0 aromatic rings. The van der Waals surface area contributed by atoms with Crippen LogP contribution in [0.25, 0.3) is 0 Å². The molecule has 0 aliphatic heterocycles. The molecule has 0 bridgehead atoms. The van der Waals surface area contributed by atoms with Gasteiger partial charge in [-0.15, -0.1) is 0 Å². The number of hydrogen-bond donors (Lipinski definition) is 0. The zero-order valence-electron chi connectivity index (χ0n) is 7.44. The van der Waals surface area contributed by atoms with E-state index in [4.69, 9.17) is 0 Å². The van der Waals surface area contributed by atoms with Gasteiger partial charge in [0.15, 0.2) is 0 Å². The summed E-state index contributed by atoms with van der Waals surface area (Å²) in [6, 6.07) is 0.0125. The van der Waals surface area contributed by atoms with E-state index in [2.05, 4.69) is 0 Å². The van der Waals surface area contributed by atoms with Crippen LogP contribution in [0.4, 0.5) is 12.9 Å². The Balaban J connectivity index is 4.13. The Morgan fingerprint density at radius 2 is 1.55 bits per heavy atom. The van der Waals surface area contributed by atoms with Gasteiger partial charge in [-0.2, -0.15) is 0 Å². The van der Waals surface area contributed by atoms with Crippen LogP contribution in [-0.2, 0) is 0 Å². The van der Waals surface area contributed by atoms with Crippen LogP contribution in [0.1, 0.15) is 13.8 Å². The second-order valence-electron chi connectivity index (χ2n) is 3.77. The quantitative estimate of drug-likeness (QED) is 0.446. The van der Waals surface area contributed by atoms with E-state index < -0.39 is 13.4 Å². The zero-order valence-corrected chi connectivity index (χ0v) is 7.44. The first-order valence-electron chi connectivity index (χ1n) is 3.69. The molecule has 0 saturated heterocycles. The molecule has 0 fully saturated rings. The topological polar surface area (TPSA) is 0 Å². The molecule has 0 atom stereocenters. The zero-order chi connectivity index (χ0) is 9.28. The maximum Gasteiger partial charge on any atom is 0.531 e. The van der Waals surface area contributed by atoms with E-state index in [1.54, 1.807) is 27.9 Å². The summed E-state index contributed by atoms with van der Waals surface area (Å²) in [5.41, 5.74) is 0. The van der Waals surface area contributed by atoms with Gasteiger partial charge in [0.2, 0.25) is 0 Å². The Morgan fingerprint density at radius 1 is 1.18 bits per heavy atom. The van der Waals surface area contributed by atoms with Gasteiger partial charge in [-0.05, 0) is 13.8 Å². The second kappa shape index (κ2) is 3.05. The van der Waals surface area contributed by atoms with Gasteiger partial charge in [-0.3, -0.25) is 0 Å². The fourth-order valence-corrected chi connectivity index (χ4v) is 0.744. The monoisotopic (exact) mass is 169 g/mol. The Hall–Kier alpha value is -0.185. The summed E-state index contributed by atoms with van der Waals surface area (Å²) in [7, 11) is 3.19. The molecule has 11 heavy (non-hydrogen) atoms. The molecule has 5 heteroatoms. The van der Waals surface area contributed by atoms with Gasteiger partial charge in [-0.1, -0.05) is 0 Å². The van der Waals surface area contributed by atoms with E-state index >= 15 is 0 Å². The molecule has 0 aromatic carbocycles. The maximum absolute atomic E-state index is 12.0. The van der Waals surface area contributed by atoms with Gasteiger partial charge in [0.25, 0.3) is 0 Å². The molecule has 0 heterocycles. The average molecular weight is 169 g/mol. The molecule has 0 rings (SSSR count). The minimum atomic E-state index is -4.66. The van der Waals surface area contributed by atoms with Crippen molar-refractivity contribution in [3.8, 4) is 0 Å². The summed E-state index contributed by atoms with van der Waals surface area (Å²) in [6.07, 6.45) is -0.697. The molecule has 1 nitrogen and oxygen atoms in total. The summed E-state index contributed by atoms with van der Waals surface area (Å²) >= 11 is 0. The van der Waals surface area contributed by atoms with Crippen LogP contribution >= 0.6 is 0 Å². The van der Waals surface area contributed by atoms with E-state index in [0.29, 0.717) is 0 Å². The lowest BCUT2D eigenvalue weighted by atomic mass is 9.89. The summed E-state index contributed by atoms with van der Waals surface area (Å²) < 4.78 is 35.9. The van der Waals surface area contributed by atoms with Crippen LogP contribution in [0.2, 0.25) is 0 Å². The van der Waals surface area contributed by atoms with E-state index in [1.807, 2.05) is 0 Å². The third-order valence-corrected chi connectivity index (χ3v) is 2.08. The van der Waals surface area contributed by atoms with Crippen LogP contribution < -0.4 is 0 Å². The Labute approximate surface area is 65.8 Å². The summed E-state index contributed by atoms with van der Waals surface area (Å²) in [5.74, 6) is 0. The van der Waals surface area contributed by atoms with Crippen molar-refractivity contribution in [2.24, 2.45) is 0 Å². The number of hydrogen-bond acceptors (Lipinski definition) is 0. The molecule has 0 N–H and O–H groups in total. The van der Waals surface area contributed by atoms with Crippen molar-refractivity contribution in [1.29, 1.82) is 0 Å². The number of rotatable bonds is 3. The lowest BCUT2D eigenvalue weighted by molar-refractivity contribution is -0.903. The predicted molar refractivity (Wildman–Crippen MR) is 41.2 cm³/mol. The molecule has 68 valence electrons. The standard InChI is InChI=1S/C6H15BF3N/c1-6(2)11(3,4)5-7(8,9)10/h6H,5H2,1-4H3. The van der Waals surface area contributed by atoms with Crippen LogP contribution in [-0.4, -0.2) is 38.0 Å². The third-order valence-electron chi connectivity index (χ3n) is 2.08. The van der Waals surface area contributed by atoms with E-state index in [-0.39, 0.29) is 10.5 Å². The van der Waals surface area contributed by atoms with Gasteiger partial charge in [0, 0.05) is 0 Å². The average Bonchev–Trinajstić information content (AvgIpc) is 1.56. The van der Waals surface area contributed by atoms with Crippen molar-refractivity contribution >= 4 is 6.98 Å². The highest BCUT2D eigenvalue weighted by molar-refractivity contribution is 6.58. The number of quaternary nitrogens is 1. The van der Waals surface area contributed by atoms with Crippen LogP contribution in [0.15, 0.2) is 0 Å². The highest BCUT2D eigenvalue weighted by Crippen LogP contribution is 2.16. The van der Waals surface area contributed by atoms with Gasteiger partial charge >= 0.3 is 6.98 Å². The SMILES string of the molecule is CC(C)[N+](C)(C)C[B-](F)(F)F. The molecule has 0 unspecified atom stereocenters. The van der Waals surface area contributed by atoms with Crippen molar-refractivity contribution in [1.82, 2.24) is 0 Å². The van der Waals surface area contributed by atoms with Crippen LogP contribution in [0.3, 0.4) is 0 Å². The highest BCUT2D eigenvalue weighted by Gasteiger charge is 2.34. The lowest BCUT2D eigenvalue weighted by Crippen LogP contribution is -2.53. The maximum atomic E-state index is 12.0. The Morgan fingerprint density at radius 3 is 1.64 bits per heavy atom. The van der Waals surface area contributed by atoms with Crippen LogP contribution in [0.5, 0.6) is 0 Å². The number of nitrogens with zero attached hydrogens (tertiary/aromatic N) is 1. The highest BCUT2D eigenvalue weighted by atomic mass is 19.4. The largest absolute Gasteiger partial charge is 0.531 e. The van der Waals surface area contributed by atoms with E-state index in [9.17, 15) is 12.9 Å². The molecular formula is C6H15BF3N. The summed E-state index contributed by atoms with van der Waals surface area (Å²) in [4.78, 5) is 0. The van der Waals surface area contributed by atoms with Crippen molar-refractivity contribution in [2.75, 3.05) is 20.5 Å². The third kappa shape index (κ3) is 4.29. The number of halogens is 3. The Bertz CT molecular complexity index is 130. The predicted octanol–water partition coefficient (Wildman–Crippen LogP) is 1.86. The second-order valence-corrected chi connectivity index (χ2v) is 3.77. The van der Waals surface area contributed by atoms with Crippen molar-refractivity contribution in [3.05, 3.63) is 0 Å². The summed E-state index contributed by atoms with van der Waals surface area (Å²) in [6.45, 7) is -1.07. The first-order valence-corrected chi connectivity index (χ1v) is 3.69. The van der Waals surface area contributed by atoms with Gasteiger partial charge in [0.05, 0.1) is 26.6 Å². The molecule has 0 aromatic heterocycles. The lowest BCUT2D eigenvalue weighted by Gasteiger charge is -2.38. The smallest absolute Gasteiger partial charge is 0.445 e. The molecule has 0 aliphatic rings. The fourth-order valence-electron chi connectivity index (χ4n) is 0.744. The Kier molecular flexibility index (Phi) is 3.00.